The number of nitrogens with zero attached hydrogens (tertiary/aromatic N) is 1. The molecule has 7 heteroatoms. The molecular weight excluding hydrogens is 421 g/mol. The highest BCUT2D eigenvalue weighted by Crippen LogP contribution is 2.37. The van der Waals surface area contributed by atoms with E-state index in [1.54, 1.807) is 24.3 Å². The first kappa shape index (κ1) is 18.3. The van der Waals surface area contributed by atoms with Crippen molar-refractivity contribution < 1.29 is 9.21 Å². The number of thiocarbonyl (C=S) groups is 1. The van der Waals surface area contributed by atoms with Gasteiger partial charge in [0.25, 0.3) is 5.91 Å². The lowest BCUT2D eigenvalue weighted by atomic mass is 10.2. The number of halogens is 2. The van der Waals surface area contributed by atoms with Crippen molar-refractivity contribution in [2.24, 2.45) is 0 Å². The number of furan rings is 1. The molecule has 4 rings (SSSR count). The van der Waals surface area contributed by atoms with Gasteiger partial charge in [0.15, 0.2) is 4.32 Å². The Hall–Kier alpha value is -2.05. The first-order chi connectivity index (χ1) is 13.0. The molecule has 134 valence electrons. The van der Waals surface area contributed by atoms with Gasteiger partial charge in [0, 0.05) is 11.6 Å². The van der Waals surface area contributed by atoms with E-state index in [0.29, 0.717) is 30.8 Å². The zero-order chi connectivity index (χ0) is 19.0. The zero-order valence-electron chi connectivity index (χ0n) is 13.7. The van der Waals surface area contributed by atoms with Crippen LogP contribution in [0.3, 0.4) is 0 Å². The smallest absolute Gasteiger partial charge is 0.270 e. The van der Waals surface area contributed by atoms with Gasteiger partial charge in [0.05, 0.1) is 20.6 Å². The molecule has 2 aromatic carbocycles. The predicted molar refractivity (Wildman–Crippen MR) is 116 cm³/mol. The fourth-order valence-electron chi connectivity index (χ4n) is 2.63. The largest absolute Gasteiger partial charge is 0.457 e. The quantitative estimate of drug-likeness (QED) is 0.342. The Morgan fingerprint density at radius 3 is 2.52 bits per heavy atom. The SMILES string of the molecule is O=C1/C(=C\c2ccc(-c3ccc(Cl)c(Cl)c3)o2)SC(=S)N1c1ccccc1. The molecule has 0 aliphatic carbocycles. The van der Waals surface area contributed by atoms with Crippen molar-refractivity contribution in [1.82, 2.24) is 0 Å². The van der Waals surface area contributed by atoms with Gasteiger partial charge in [0.2, 0.25) is 0 Å². The first-order valence-electron chi connectivity index (χ1n) is 7.91. The number of thioether (sulfide) groups is 1. The van der Waals surface area contributed by atoms with Gasteiger partial charge < -0.3 is 4.42 Å². The van der Waals surface area contributed by atoms with Gasteiger partial charge in [-0.25, -0.2) is 0 Å². The number of hydrogen-bond acceptors (Lipinski definition) is 4. The van der Waals surface area contributed by atoms with Gasteiger partial charge in [-0.2, -0.15) is 0 Å². The molecule has 1 amide bonds. The van der Waals surface area contributed by atoms with E-state index in [0.717, 1.165) is 11.3 Å². The van der Waals surface area contributed by atoms with Crippen LogP contribution in [0.2, 0.25) is 10.0 Å². The average Bonchev–Trinajstić information content (AvgIpc) is 3.23. The molecule has 1 saturated heterocycles. The Morgan fingerprint density at radius 2 is 1.78 bits per heavy atom. The third-order valence-electron chi connectivity index (χ3n) is 3.91. The van der Waals surface area contributed by atoms with Crippen LogP contribution in [-0.2, 0) is 4.79 Å². The Balaban J connectivity index is 1.61. The molecule has 3 aromatic rings. The molecule has 0 saturated carbocycles. The lowest BCUT2D eigenvalue weighted by Crippen LogP contribution is -2.27. The first-order valence-corrected chi connectivity index (χ1v) is 9.89. The van der Waals surface area contributed by atoms with E-state index < -0.39 is 0 Å². The summed E-state index contributed by atoms with van der Waals surface area (Å²) in [6, 6.07) is 18.2. The second kappa shape index (κ2) is 7.52. The summed E-state index contributed by atoms with van der Waals surface area (Å²) >= 11 is 18.6. The Kier molecular flexibility index (Phi) is 5.10. The second-order valence-electron chi connectivity index (χ2n) is 5.68. The normalized spacial score (nSPS) is 15.8. The topological polar surface area (TPSA) is 33.5 Å². The maximum absolute atomic E-state index is 12.8. The summed E-state index contributed by atoms with van der Waals surface area (Å²) in [6.45, 7) is 0. The van der Waals surface area contributed by atoms with Crippen LogP contribution >= 0.6 is 47.2 Å². The summed E-state index contributed by atoms with van der Waals surface area (Å²) in [6.07, 6.45) is 1.70. The summed E-state index contributed by atoms with van der Waals surface area (Å²) in [5.74, 6) is 1.03. The van der Waals surface area contributed by atoms with Gasteiger partial charge in [-0.15, -0.1) is 0 Å². The minimum atomic E-state index is -0.163. The van der Waals surface area contributed by atoms with E-state index in [4.69, 9.17) is 39.8 Å². The Labute approximate surface area is 175 Å². The average molecular weight is 432 g/mol. The summed E-state index contributed by atoms with van der Waals surface area (Å²) in [5.41, 5.74) is 1.56. The van der Waals surface area contributed by atoms with Crippen molar-refractivity contribution in [3.63, 3.8) is 0 Å². The highest BCUT2D eigenvalue weighted by atomic mass is 35.5. The van der Waals surface area contributed by atoms with E-state index in [1.165, 1.54) is 16.7 Å². The fraction of sp³-hybridized carbons (Fsp3) is 0. The van der Waals surface area contributed by atoms with E-state index in [1.807, 2.05) is 42.5 Å². The summed E-state index contributed by atoms with van der Waals surface area (Å²) in [4.78, 5) is 14.8. The molecule has 1 aliphatic heterocycles. The van der Waals surface area contributed by atoms with E-state index in [2.05, 4.69) is 0 Å². The van der Waals surface area contributed by atoms with Crippen LogP contribution in [0.4, 0.5) is 5.69 Å². The molecule has 0 N–H and O–H groups in total. The molecule has 2 heterocycles. The highest BCUT2D eigenvalue weighted by Gasteiger charge is 2.33. The molecule has 0 spiro atoms. The van der Waals surface area contributed by atoms with Crippen molar-refractivity contribution >= 4 is 69.2 Å². The summed E-state index contributed by atoms with van der Waals surface area (Å²) in [7, 11) is 0. The summed E-state index contributed by atoms with van der Waals surface area (Å²) in [5, 5.41) is 0.938. The van der Waals surface area contributed by atoms with E-state index in [9.17, 15) is 4.79 Å². The van der Waals surface area contributed by atoms with Gasteiger partial charge in [-0.1, -0.05) is 65.4 Å². The maximum atomic E-state index is 12.8. The van der Waals surface area contributed by atoms with Crippen LogP contribution < -0.4 is 4.90 Å². The van der Waals surface area contributed by atoms with E-state index in [-0.39, 0.29) is 5.91 Å². The predicted octanol–water partition coefficient (Wildman–Crippen LogP) is 6.66. The van der Waals surface area contributed by atoms with Crippen LogP contribution in [0.5, 0.6) is 0 Å². The molecule has 0 radical (unpaired) electrons. The molecule has 0 atom stereocenters. The molecular formula is C20H11Cl2NO2S2. The molecule has 0 bridgehead atoms. The van der Waals surface area contributed by atoms with E-state index >= 15 is 0 Å². The van der Waals surface area contributed by atoms with Gasteiger partial charge in [-0.3, -0.25) is 9.69 Å². The molecule has 27 heavy (non-hydrogen) atoms. The molecule has 0 unspecified atom stereocenters. The second-order valence-corrected chi connectivity index (χ2v) is 8.17. The number of rotatable bonds is 3. The Bertz CT molecular complexity index is 1080. The lowest BCUT2D eigenvalue weighted by molar-refractivity contribution is -0.113. The number of carbonyl (C=O) groups excluding carboxylic acids is 1. The molecule has 1 aromatic heterocycles. The van der Waals surface area contributed by atoms with Crippen molar-refractivity contribution in [1.29, 1.82) is 0 Å². The number of carbonyl (C=O) groups is 1. The number of para-hydroxylation sites is 1. The zero-order valence-corrected chi connectivity index (χ0v) is 16.8. The monoisotopic (exact) mass is 431 g/mol. The number of amides is 1. The van der Waals surface area contributed by atoms with Gasteiger partial charge >= 0.3 is 0 Å². The van der Waals surface area contributed by atoms with Crippen LogP contribution in [-0.4, -0.2) is 10.2 Å². The molecule has 3 nitrogen and oxygen atoms in total. The van der Waals surface area contributed by atoms with Crippen molar-refractivity contribution in [2.75, 3.05) is 4.90 Å². The van der Waals surface area contributed by atoms with Crippen LogP contribution in [0.1, 0.15) is 5.76 Å². The molecule has 1 aliphatic rings. The fourth-order valence-corrected chi connectivity index (χ4v) is 4.21. The minimum Gasteiger partial charge on any atom is -0.457 e. The lowest BCUT2D eigenvalue weighted by Gasteiger charge is -2.13. The summed E-state index contributed by atoms with van der Waals surface area (Å²) < 4.78 is 6.34. The van der Waals surface area contributed by atoms with Crippen LogP contribution in [0.15, 0.2) is 70.0 Å². The van der Waals surface area contributed by atoms with Crippen molar-refractivity contribution in [3.05, 3.63) is 81.4 Å². The maximum Gasteiger partial charge on any atom is 0.270 e. The third-order valence-corrected chi connectivity index (χ3v) is 5.95. The highest BCUT2D eigenvalue weighted by molar-refractivity contribution is 8.27. The van der Waals surface area contributed by atoms with Gasteiger partial charge in [-0.05, 0) is 42.5 Å². The van der Waals surface area contributed by atoms with Crippen LogP contribution in [0, 0.1) is 0 Å². The Morgan fingerprint density at radius 1 is 1.00 bits per heavy atom. The minimum absolute atomic E-state index is 0.163. The third kappa shape index (κ3) is 3.69. The number of hydrogen-bond donors (Lipinski definition) is 0. The van der Waals surface area contributed by atoms with Crippen molar-refractivity contribution in [2.45, 2.75) is 0 Å². The standard InChI is InChI=1S/C20H11Cl2NO2S2/c21-15-8-6-12(10-16(15)22)17-9-7-14(25-17)11-18-19(24)23(20(26)27-18)13-4-2-1-3-5-13/h1-11H/b18-11+. The van der Waals surface area contributed by atoms with Crippen molar-refractivity contribution in [3.8, 4) is 11.3 Å². The molecule has 1 fully saturated rings. The number of anilines is 1. The van der Waals surface area contributed by atoms with Gasteiger partial charge in [0.1, 0.15) is 11.5 Å². The number of benzene rings is 2. The van der Waals surface area contributed by atoms with Crippen LogP contribution in [0.25, 0.3) is 17.4 Å².